The van der Waals surface area contributed by atoms with E-state index < -0.39 is 0 Å². The number of amides is 1. The number of benzene rings is 1. The Morgan fingerprint density at radius 3 is 2.68 bits per heavy atom. The normalized spacial score (nSPS) is 10.3. The van der Waals surface area contributed by atoms with Crippen molar-refractivity contribution < 1.29 is 4.79 Å². The summed E-state index contributed by atoms with van der Waals surface area (Å²) in [5, 5.41) is 6.51. The zero-order valence-corrected chi connectivity index (χ0v) is 12.5. The van der Waals surface area contributed by atoms with Gasteiger partial charge in [-0.1, -0.05) is 18.5 Å². The van der Waals surface area contributed by atoms with E-state index in [4.69, 9.17) is 11.6 Å². The van der Waals surface area contributed by atoms with Gasteiger partial charge in [0.25, 0.3) is 0 Å². The predicted octanol–water partition coefficient (Wildman–Crippen LogP) is 2.02. The molecule has 1 aromatic carbocycles. The second-order valence-electron chi connectivity index (χ2n) is 4.40. The Balaban J connectivity index is 3.02. The second kappa shape index (κ2) is 8.02. The van der Waals surface area contributed by atoms with Gasteiger partial charge in [0.1, 0.15) is 0 Å². The summed E-state index contributed by atoms with van der Waals surface area (Å²) < 4.78 is 0. The summed E-state index contributed by atoms with van der Waals surface area (Å²) in [6, 6.07) is 5.79. The van der Waals surface area contributed by atoms with E-state index >= 15 is 0 Å². The molecule has 1 aromatic rings. The summed E-state index contributed by atoms with van der Waals surface area (Å²) in [4.78, 5) is 13.7. The van der Waals surface area contributed by atoms with Crippen LogP contribution in [-0.2, 0) is 11.3 Å². The zero-order chi connectivity index (χ0) is 14.3. The van der Waals surface area contributed by atoms with Gasteiger partial charge >= 0.3 is 0 Å². The van der Waals surface area contributed by atoms with Crippen LogP contribution in [0.4, 0.5) is 5.69 Å². The van der Waals surface area contributed by atoms with Gasteiger partial charge in [0.2, 0.25) is 5.91 Å². The van der Waals surface area contributed by atoms with Crippen LogP contribution in [0.3, 0.4) is 0 Å². The van der Waals surface area contributed by atoms with Crippen molar-refractivity contribution in [1.29, 1.82) is 0 Å². The van der Waals surface area contributed by atoms with E-state index in [-0.39, 0.29) is 5.91 Å². The summed E-state index contributed by atoms with van der Waals surface area (Å²) in [6.45, 7) is 4.03. The molecule has 0 aliphatic rings. The molecule has 0 saturated heterocycles. The maximum atomic E-state index is 11.6. The number of carbonyl (C=O) groups is 1. The van der Waals surface area contributed by atoms with Crippen molar-refractivity contribution in [2.24, 2.45) is 0 Å². The first-order valence-electron chi connectivity index (χ1n) is 6.50. The van der Waals surface area contributed by atoms with Gasteiger partial charge in [0.05, 0.1) is 6.54 Å². The van der Waals surface area contributed by atoms with E-state index in [9.17, 15) is 4.79 Å². The third-order valence-electron chi connectivity index (χ3n) is 2.86. The molecule has 0 unspecified atom stereocenters. The van der Waals surface area contributed by atoms with Crippen molar-refractivity contribution in [1.82, 2.24) is 10.6 Å². The lowest BCUT2D eigenvalue weighted by molar-refractivity contribution is -0.119. The largest absolute Gasteiger partial charge is 0.362 e. The highest BCUT2D eigenvalue weighted by atomic mass is 35.5. The summed E-state index contributed by atoms with van der Waals surface area (Å²) in [5.74, 6) is 0.0128. The predicted molar refractivity (Wildman–Crippen MR) is 80.8 cm³/mol. The first-order valence-corrected chi connectivity index (χ1v) is 6.88. The molecule has 0 bridgehead atoms. The van der Waals surface area contributed by atoms with Crippen molar-refractivity contribution in [3.63, 3.8) is 0 Å². The second-order valence-corrected chi connectivity index (χ2v) is 4.83. The Hall–Kier alpha value is -1.26. The summed E-state index contributed by atoms with van der Waals surface area (Å²) in [5.41, 5.74) is 2.16. The van der Waals surface area contributed by atoms with Crippen molar-refractivity contribution in [3.8, 4) is 0 Å². The van der Waals surface area contributed by atoms with Crippen LogP contribution in [0.15, 0.2) is 18.2 Å². The molecule has 106 valence electrons. The molecule has 0 saturated carbocycles. The number of hydrogen-bond acceptors (Lipinski definition) is 3. The van der Waals surface area contributed by atoms with Crippen molar-refractivity contribution in [2.45, 2.75) is 19.9 Å². The maximum absolute atomic E-state index is 11.6. The Bertz CT molecular complexity index is 423. The SMILES string of the molecule is CCCN(CC(=O)NC)c1ccc(Cl)cc1CNC. The minimum Gasteiger partial charge on any atom is -0.362 e. The number of rotatable bonds is 7. The molecule has 0 aromatic heterocycles. The molecular formula is C14H22ClN3O. The fraction of sp³-hybridized carbons (Fsp3) is 0.500. The average Bonchev–Trinajstić information content (AvgIpc) is 2.39. The van der Waals surface area contributed by atoms with Gasteiger partial charge in [0.15, 0.2) is 0 Å². The summed E-state index contributed by atoms with van der Waals surface area (Å²) in [7, 11) is 3.55. The Labute approximate surface area is 120 Å². The van der Waals surface area contributed by atoms with Crippen molar-refractivity contribution in [3.05, 3.63) is 28.8 Å². The highest BCUT2D eigenvalue weighted by molar-refractivity contribution is 6.30. The van der Waals surface area contributed by atoms with E-state index in [2.05, 4.69) is 22.5 Å². The molecule has 19 heavy (non-hydrogen) atoms. The maximum Gasteiger partial charge on any atom is 0.239 e. The molecule has 1 amide bonds. The molecule has 0 heterocycles. The number of likely N-dealkylation sites (N-methyl/N-ethyl adjacent to an activating group) is 1. The number of hydrogen-bond donors (Lipinski definition) is 2. The highest BCUT2D eigenvalue weighted by Crippen LogP contribution is 2.24. The molecule has 1 rings (SSSR count). The van der Waals surface area contributed by atoms with E-state index in [0.29, 0.717) is 11.6 Å². The van der Waals surface area contributed by atoms with Gasteiger partial charge in [0, 0.05) is 30.8 Å². The number of nitrogens with zero attached hydrogens (tertiary/aromatic N) is 1. The quantitative estimate of drug-likeness (QED) is 0.805. The van der Waals surface area contributed by atoms with Gasteiger partial charge in [-0.25, -0.2) is 0 Å². The van der Waals surface area contributed by atoms with Crippen LogP contribution in [-0.4, -0.2) is 33.1 Å². The molecule has 0 radical (unpaired) electrons. The van der Waals surface area contributed by atoms with Crippen LogP contribution < -0.4 is 15.5 Å². The third-order valence-corrected chi connectivity index (χ3v) is 3.09. The lowest BCUT2D eigenvalue weighted by Gasteiger charge is -2.26. The highest BCUT2D eigenvalue weighted by Gasteiger charge is 2.13. The minimum absolute atomic E-state index is 0.0128. The van der Waals surface area contributed by atoms with E-state index in [1.54, 1.807) is 7.05 Å². The fourth-order valence-corrected chi connectivity index (χ4v) is 2.20. The smallest absolute Gasteiger partial charge is 0.239 e. The summed E-state index contributed by atoms with van der Waals surface area (Å²) in [6.07, 6.45) is 0.985. The lowest BCUT2D eigenvalue weighted by atomic mass is 10.1. The van der Waals surface area contributed by atoms with Crippen LogP contribution in [0.25, 0.3) is 0 Å². The van der Waals surface area contributed by atoms with Crippen LogP contribution in [0, 0.1) is 0 Å². The number of nitrogens with one attached hydrogen (secondary N) is 2. The van der Waals surface area contributed by atoms with Crippen molar-refractivity contribution in [2.75, 3.05) is 32.1 Å². The molecule has 0 spiro atoms. The molecule has 4 nitrogen and oxygen atoms in total. The number of anilines is 1. The molecule has 0 fully saturated rings. The Morgan fingerprint density at radius 1 is 1.37 bits per heavy atom. The minimum atomic E-state index is 0.0128. The van der Waals surface area contributed by atoms with E-state index in [0.717, 1.165) is 30.8 Å². The molecule has 0 aliphatic carbocycles. The van der Waals surface area contributed by atoms with Gasteiger partial charge in [-0.3, -0.25) is 4.79 Å². The van der Waals surface area contributed by atoms with Crippen molar-refractivity contribution >= 4 is 23.2 Å². The monoisotopic (exact) mass is 283 g/mol. The first-order chi connectivity index (χ1) is 9.12. The van der Waals surface area contributed by atoms with Crippen LogP contribution in [0.1, 0.15) is 18.9 Å². The van der Waals surface area contributed by atoms with Crippen LogP contribution in [0.5, 0.6) is 0 Å². The molecule has 2 N–H and O–H groups in total. The average molecular weight is 284 g/mol. The van der Waals surface area contributed by atoms with E-state index in [1.807, 2.05) is 25.2 Å². The first kappa shape index (κ1) is 15.8. The molecule has 5 heteroatoms. The van der Waals surface area contributed by atoms with Crippen LogP contribution >= 0.6 is 11.6 Å². The van der Waals surface area contributed by atoms with Gasteiger partial charge in [-0.2, -0.15) is 0 Å². The summed E-state index contributed by atoms with van der Waals surface area (Å²) >= 11 is 6.04. The standard InChI is InChI=1S/C14H22ClN3O/c1-4-7-18(10-14(19)17-3)13-6-5-12(15)8-11(13)9-16-2/h5-6,8,16H,4,7,9-10H2,1-3H3,(H,17,19). The Morgan fingerprint density at radius 2 is 2.11 bits per heavy atom. The van der Waals surface area contributed by atoms with Gasteiger partial charge in [-0.15, -0.1) is 0 Å². The van der Waals surface area contributed by atoms with E-state index in [1.165, 1.54) is 0 Å². The van der Waals surface area contributed by atoms with Gasteiger partial charge < -0.3 is 15.5 Å². The Kier molecular flexibility index (Phi) is 6.67. The topological polar surface area (TPSA) is 44.4 Å². The molecule has 0 aliphatic heterocycles. The number of carbonyl (C=O) groups excluding carboxylic acids is 1. The lowest BCUT2D eigenvalue weighted by Crippen LogP contribution is -2.36. The zero-order valence-electron chi connectivity index (χ0n) is 11.8. The molecular weight excluding hydrogens is 262 g/mol. The fourth-order valence-electron chi connectivity index (χ4n) is 2.00. The molecule has 0 atom stereocenters. The van der Waals surface area contributed by atoms with Crippen LogP contribution in [0.2, 0.25) is 5.02 Å². The van der Waals surface area contributed by atoms with Gasteiger partial charge in [-0.05, 0) is 37.2 Å². The third kappa shape index (κ3) is 4.73. The number of halogens is 1.